The van der Waals surface area contributed by atoms with Crippen LogP contribution in [0.25, 0.3) is 10.9 Å². The number of alkyl halides is 1. The van der Waals surface area contributed by atoms with Gasteiger partial charge < -0.3 is 19.3 Å². The first-order valence-electron chi connectivity index (χ1n) is 14.1. The number of nitrogens with zero attached hydrogens (tertiary/aromatic N) is 6. The third kappa shape index (κ3) is 5.32. The summed E-state index contributed by atoms with van der Waals surface area (Å²) in [5, 5.41) is 10.7. The van der Waals surface area contributed by atoms with Crippen molar-refractivity contribution in [3.05, 3.63) is 22.2 Å². The highest BCUT2D eigenvalue weighted by molar-refractivity contribution is 9.10. The van der Waals surface area contributed by atoms with Crippen LogP contribution >= 0.6 is 15.9 Å². The van der Waals surface area contributed by atoms with E-state index in [0.29, 0.717) is 54.0 Å². The zero-order valence-electron chi connectivity index (χ0n) is 23.9. The second-order valence-electron chi connectivity index (χ2n) is 12.2. The number of carbonyl (C=O) groups is 1. The van der Waals surface area contributed by atoms with Crippen molar-refractivity contribution < 1.29 is 18.7 Å². The summed E-state index contributed by atoms with van der Waals surface area (Å²) in [5.41, 5.74) is -0.0143. The highest BCUT2D eigenvalue weighted by Crippen LogP contribution is 2.41. The molecule has 11 heteroatoms. The second kappa shape index (κ2) is 10.9. The Kier molecular flexibility index (Phi) is 7.87. The molecule has 3 aliphatic rings. The van der Waals surface area contributed by atoms with E-state index in [2.05, 4.69) is 38.7 Å². The normalized spacial score (nSPS) is 26.6. The molecule has 9 nitrogen and oxygen atoms in total. The quantitative estimate of drug-likeness (QED) is 0.423. The number of rotatable bonds is 6. The molecule has 0 aliphatic carbocycles. The summed E-state index contributed by atoms with van der Waals surface area (Å²) < 4.78 is 26.9. The maximum atomic E-state index is 14.4. The molecule has 0 bridgehead atoms. The number of halogens is 2. The Hall–Kier alpha value is -2.71. The number of hydrogen-bond donors (Lipinski definition) is 0. The average molecular weight is 618 g/mol. The molecule has 1 amide bonds. The first kappa shape index (κ1) is 28.8. The zero-order valence-corrected chi connectivity index (χ0v) is 25.5. The molecular formula is C29H38BrFN6O3. The van der Waals surface area contributed by atoms with Crippen LogP contribution in [0, 0.1) is 11.3 Å². The van der Waals surface area contributed by atoms with E-state index in [0.717, 1.165) is 31.2 Å². The van der Waals surface area contributed by atoms with Crippen molar-refractivity contribution >= 4 is 38.7 Å². The SMILES string of the molecule is CCN(c1nc(OC[C@@]23CCCN2C[C@H](F)C3)nc2c(C#N)c(Br)ccc12)C1CCN(C(=O)OC(C)(C)C)C1C. The number of likely N-dealkylation sites (N-methyl/N-ethyl adjacent to an activating group) is 1. The number of anilines is 1. The number of carbonyl (C=O) groups excluding carboxylic acids is 1. The molecule has 4 atom stereocenters. The second-order valence-corrected chi connectivity index (χ2v) is 13.0. The molecule has 2 aromatic rings. The number of hydrogen-bond acceptors (Lipinski definition) is 8. The van der Waals surface area contributed by atoms with Gasteiger partial charge in [0.2, 0.25) is 0 Å². The molecule has 4 heterocycles. The average Bonchev–Trinajstić information content (AvgIpc) is 3.54. The van der Waals surface area contributed by atoms with E-state index in [1.807, 2.05) is 39.8 Å². The Labute approximate surface area is 243 Å². The van der Waals surface area contributed by atoms with Gasteiger partial charge >= 0.3 is 12.1 Å². The molecule has 40 heavy (non-hydrogen) atoms. The first-order valence-corrected chi connectivity index (χ1v) is 14.9. The predicted octanol–water partition coefficient (Wildman–Crippen LogP) is 5.44. The number of benzene rings is 1. The highest BCUT2D eigenvalue weighted by atomic mass is 79.9. The van der Waals surface area contributed by atoms with Crippen LogP contribution in [0.15, 0.2) is 16.6 Å². The fourth-order valence-electron chi connectivity index (χ4n) is 6.63. The summed E-state index contributed by atoms with van der Waals surface area (Å²) in [5.74, 6) is 0.657. The first-order chi connectivity index (χ1) is 19.0. The third-order valence-corrected chi connectivity index (χ3v) is 9.14. The third-order valence-electron chi connectivity index (χ3n) is 8.47. The van der Waals surface area contributed by atoms with Crippen molar-refractivity contribution in [2.24, 2.45) is 0 Å². The minimum Gasteiger partial charge on any atom is -0.461 e. The Morgan fingerprint density at radius 3 is 2.80 bits per heavy atom. The van der Waals surface area contributed by atoms with Crippen LogP contribution in [-0.2, 0) is 4.74 Å². The molecule has 3 aliphatic heterocycles. The number of likely N-dealkylation sites (tertiary alicyclic amines) is 1. The van der Waals surface area contributed by atoms with E-state index in [4.69, 9.17) is 19.4 Å². The fraction of sp³-hybridized carbons (Fsp3) is 0.655. The molecule has 1 aromatic carbocycles. The van der Waals surface area contributed by atoms with Gasteiger partial charge in [0.05, 0.1) is 28.7 Å². The van der Waals surface area contributed by atoms with Gasteiger partial charge in [0, 0.05) is 35.9 Å². The lowest BCUT2D eigenvalue weighted by atomic mass is 9.95. The van der Waals surface area contributed by atoms with Crippen LogP contribution in [0.5, 0.6) is 6.01 Å². The summed E-state index contributed by atoms with van der Waals surface area (Å²) >= 11 is 3.50. The molecule has 5 rings (SSSR count). The molecule has 0 radical (unpaired) electrons. The van der Waals surface area contributed by atoms with Crippen LogP contribution in [0.2, 0.25) is 0 Å². The smallest absolute Gasteiger partial charge is 0.410 e. The van der Waals surface area contributed by atoms with E-state index >= 15 is 0 Å². The van der Waals surface area contributed by atoms with Crippen LogP contribution < -0.4 is 9.64 Å². The Bertz CT molecular complexity index is 1330. The molecule has 3 saturated heterocycles. The van der Waals surface area contributed by atoms with Crippen molar-refractivity contribution in [2.75, 3.05) is 37.7 Å². The van der Waals surface area contributed by atoms with Crippen LogP contribution in [0.3, 0.4) is 0 Å². The Morgan fingerprint density at radius 1 is 1.32 bits per heavy atom. The minimum atomic E-state index is -0.856. The Balaban J connectivity index is 1.50. The summed E-state index contributed by atoms with van der Waals surface area (Å²) in [6.45, 7) is 12.5. The lowest BCUT2D eigenvalue weighted by molar-refractivity contribution is 0.0233. The standard InChI is InChI=1S/C29H38BrFN6O3/c1-6-36(23-10-13-37(18(23)2)27(38)40-28(3,4)5)25-20-8-9-22(30)21(15-32)24(20)33-26(34-25)39-17-29-11-7-12-35(29)16-19(31)14-29/h8-9,18-19,23H,6-7,10-14,16-17H2,1-5H3/t18?,19-,23?,29+/m1/s1. The predicted molar refractivity (Wildman–Crippen MR) is 154 cm³/mol. The van der Waals surface area contributed by atoms with Gasteiger partial charge in [-0.2, -0.15) is 15.2 Å². The van der Waals surface area contributed by atoms with E-state index < -0.39 is 11.8 Å². The van der Waals surface area contributed by atoms with E-state index in [9.17, 15) is 14.4 Å². The number of aromatic nitrogens is 2. The van der Waals surface area contributed by atoms with Crippen molar-refractivity contribution in [1.82, 2.24) is 19.8 Å². The van der Waals surface area contributed by atoms with Gasteiger partial charge in [-0.25, -0.2) is 9.18 Å². The van der Waals surface area contributed by atoms with Crippen LogP contribution in [-0.4, -0.2) is 88.0 Å². The molecule has 3 fully saturated rings. The fourth-order valence-corrected chi connectivity index (χ4v) is 7.04. The molecule has 216 valence electrons. The molecule has 0 N–H and O–H groups in total. The lowest BCUT2D eigenvalue weighted by Crippen LogP contribution is -2.47. The monoisotopic (exact) mass is 616 g/mol. The van der Waals surface area contributed by atoms with Gasteiger partial charge in [0.15, 0.2) is 0 Å². The molecule has 0 saturated carbocycles. The zero-order chi connectivity index (χ0) is 28.8. The summed E-state index contributed by atoms with van der Waals surface area (Å²) in [4.78, 5) is 28.7. The van der Waals surface area contributed by atoms with Gasteiger partial charge in [0.1, 0.15) is 30.3 Å². The molecule has 0 spiro atoms. The summed E-state index contributed by atoms with van der Waals surface area (Å²) in [7, 11) is 0. The lowest BCUT2D eigenvalue weighted by Gasteiger charge is -2.35. The number of fused-ring (bicyclic) bond motifs is 2. The topological polar surface area (TPSA) is 94.8 Å². The largest absolute Gasteiger partial charge is 0.461 e. The van der Waals surface area contributed by atoms with Crippen molar-refractivity contribution in [3.8, 4) is 12.1 Å². The van der Waals surface area contributed by atoms with Gasteiger partial charge in [-0.1, -0.05) is 0 Å². The van der Waals surface area contributed by atoms with E-state index in [1.165, 1.54) is 0 Å². The van der Waals surface area contributed by atoms with E-state index in [1.54, 1.807) is 4.90 Å². The van der Waals surface area contributed by atoms with Crippen LogP contribution in [0.4, 0.5) is 15.0 Å². The maximum Gasteiger partial charge on any atom is 0.410 e. The van der Waals surface area contributed by atoms with Crippen molar-refractivity contribution in [1.29, 1.82) is 5.26 Å². The summed E-state index contributed by atoms with van der Waals surface area (Å²) in [6, 6.07) is 6.05. The number of nitriles is 1. The summed E-state index contributed by atoms with van der Waals surface area (Å²) in [6.07, 6.45) is 1.91. The minimum absolute atomic E-state index is 0.0244. The van der Waals surface area contributed by atoms with Crippen LogP contribution in [0.1, 0.15) is 65.9 Å². The highest BCUT2D eigenvalue weighted by Gasteiger charge is 2.49. The van der Waals surface area contributed by atoms with Crippen molar-refractivity contribution in [3.63, 3.8) is 0 Å². The number of amides is 1. The van der Waals surface area contributed by atoms with Crippen molar-refractivity contribution in [2.45, 2.75) is 89.7 Å². The number of ether oxygens (including phenoxy) is 2. The van der Waals surface area contributed by atoms with E-state index in [-0.39, 0.29) is 29.7 Å². The molecule has 1 aromatic heterocycles. The van der Waals surface area contributed by atoms with Gasteiger partial charge in [-0.15, -0.1) is 0 Å². The Morgan fingerprint density at radius 2 is 2.10 bits per heavy atom. The van der Waals surface area contributed by atoms with Gasteiger partial charge in [0.25, 0.3) is 0 Å². The maximum absolute atomic E-state index is 14.4. The molecular weight excluding hydrogens is 579 g/mol. The van der Waals surface area contributed by atoms with Gasteiger partial charge in [-0.05, 0) is 88.5 Å². The molecule has 2 unspecified atom stereocenters. The van der Waals surface area contributed by atoms with Gasteiger partial charge in [-0.3, -0.25) is 4.90 Å².